The van der Waals surface area contributed by atoms with E-state index in [4.69, 9.17) is 14.2 Å². The molecule has 0 spiro atoms. The van der Waals surface area contributed by atoms with E-state index in [-0.39, 0.29) is 18.0 Å². The first-order valence-electron chi connectivity index (χ1n) is 10.1. The van der Waals surface area contributed by atoms with E-state index in [1.807, 2.05) is 49.4 Å². The van der Waals surface area contributed by atoms with Crippen molar-refractivity contribution >= 4 is 6.03 Å². The Morgan fingerprint density at radius 3 is 2.59 bits per heavy atom. The number of nitrogens with one attached hydrogen (secondary N) is 1. The smallest absolute Gasteiger partial charge is 0.317 e. The highest BCUT2D eigenvalue weighted by Gasteiger charge is 2.22. The molecule has 0 fully saturated rings. The summed E-state index contributed by atoms with van der Waals surface area (Å²) in [5.74, 6) is 2.55. The average Bonchev–Trinajstić information content (AvgIpc) is 2.72. The number of para-hydroxylation sites is 1. The van der Waals surface area contributed by atoms with E-state index < -0.39 is 0 Å². The van der Waals surface area contributed by atoms with E-state index in [1.54, 1.807) is 11.9 Å². The van der Waals surface area contributed by atoms with Gasteiger partial charge >= 0.3 is 6.03 Å². The molecule has 3 rings (SSSR count). The normalized spacial score (nSPS) is 13.7. The van der Waals surface area contributed by atoms with E-state index in [2.05, 4.69) is 19.2 Å². The van der Waals surface area contributed by atoms with Gasteiger partial charge in [-0.1, -0.05) is 38.1 Å². The number of aryl methyl sites for hydroxylation is 1. The van der Waals surface area contributed by atoms with Gasteiger partial charge in [0.15, 0.2) is 11.5 Å². The summed E-state index contributed by atoms with van der Waals surface area (Å²) < 4.78 is 17.1. The number of nitrogens with zero attached hydrogens (tertiary/aromatic N) is 1. The molecule has 2 aromatic rings. The van der Waals surface area contributed by atoms with Gasteiger partial charge in [0.2, 0.25) is 0 Å². The molecule has 0 aromatic heterocycles. The monoisotopic (exact) mass is 398 g/mol. The van der Waals surface area contributed by atoms with Crippen LogP contribution in [0, 0.1) is 12.8 Å². The van der Waals surface area contributed by atoms with Crippen LogP contribution in [0.2, 0.25) is 0 Å². The van der Waals surface area contributed by atoms with Crippen molar-refractivity contribution in [2.75, 3.05) is 33.4 Å². The molecule has 1 N–H and O–H groups in total. The van der Waals surface area contributed by atoms with Crippen molar-refractivity contribution in [3.8, 4) is 17.2 Å². The van der Waals surface area contributed by atoms with Gasteiger partial charge in [-0.05, 0) is 42.2 Å². The van der Waals surface area contributed by atoms with Crippen LogP contribution in [0.25, 0.3) is 0 Å². The summed E-state index contributed by atoms with van der Waals surface area (Å²) in [4.78, 5) is 14.4. The molecule has 1 atom stereocenters. The third-order valence-corrected chi connectivity index (χ3v) is 5.00. The largest absolute Gasteiger partial charge is 0.491 e. The number of urea groups is 1. The Hall–Kier alpha value is -2.89. The number of amides is 2. The molecule has 0 aliphatic carbocycles. The predicted molar refractivity (Wildman–Crippen MR) is 113 cm³/mol. The highest BCUT2D eigenvalue weighted by Crippen LogP contribution is 2.34. The molecule has 0 saturated carbocycles. The lowest BCUT2D eigenvalue weighted by Gasteiger charge is -2.28. The Bertz CT molecular complexity index is 837. The molecule has 29 heavy (non-hydrogen) atoms. The molecule has 0 unspecified atom stereocenters. The van der Waals surface area contributed by atoms with Crippen molar-refractivity contribution in [3.05, 3.63) is 53.6 Å². The summed E-state index contributed by atoms with van der Waals surface area (Å²) in [7, 11) is 1.78. The number of rotatable bonds is 7. The summed E-state index contributed by atoms with van der Waals surface area (Å²) in [6, 6.07) is 13.5. The minimum atomic E-state index is -0.132. The van der Waals surface area contributed by atoms with E-state index in [0.717, 1.165) is 28.4 Å². The lowest BCUT2D eigenvalue weighted by atomic mass is 9.95. The maximum Gasteiger partial charge on any atom is 0.317 e. The molecule has 0 radical (unpaired) electrons. The Balaban J connectivity index is 1.58. The molecule has 0 bridgehead atoms. The van der Waals surface area contributed by atoms with Gasteiger partial charge in [-0.25, -0.2) is 4.79 Å². The lowest BCUT2D eigenvalue weighted by molar-refractivity contribution is 0.171. The van der Waals surface area contributed by atoms with Gasteiger partial charge in [-0.3, -0.25) is 0 Å². The maximum absolute atomic E-state index is 12.7. The first-order chi connectivity index (χ1) is 14.0. The van der Waals surface area contributed by atoms with E-state index >= 15 is 0 Å². The molecule has 156 valence electrons. The Morgan fingerprint density at radius 2 is 1.86 bits per heavy atom. The number of ether oxygens (including phenoxy) is 3. The van der Waals surface area contributed by atoms with E-state index in [9.17, 15) is 4.79 Å². The molecular weight excluding hydrogens is 368 g/mol. The van der Waals surface area contributed by atoms with Crippen LogP contribution in [0.3, 0.4) is 0 Å². The van der Waals surface area contributed by atoms with Gasteiger partial charge in [-0.2, -0.15) is 0 Å². The summed E-state index contributed by atoms with van der Waals surface area (Å²) in [6.07, 6.45) is 0. The van der Waals surface area contributed by atoms with Crippen LogP contribution in [0.4, 0.5) is 4.79 Å². The van der Waals surface area contributed by atoms with Crippen molar-refractivity contribution in [1.29, 1.82) is 0 Å². The van der Waals surface area contributed by atoms with Crippen LogP contribution >= 0.6 is 0 Å². The molecule has 0 saturated heterocycles. The highest BCUT2D eigenvalue weighted by atomic mass is 16.6. The zero-order valence-corrected chi connectivity index (χ0v) is 17.6. The lowest BCUT2D eigenvalue weighted by Crippen LogP contribution is -2.42. The maximum atomic E-state index is 12.7. The summed E-state index contributed by atoms with van der Waals surface area (Å²) in [5, 5.41) is 3.13. The van der Waals surface area contributed by atoms with Gasteiger partial charge in [-0.15, -0.1) is 0 Å². The molecule has 1 aliphatic heterocycles. The fourth-order valence-corrected chi connectivity index (χ4v) is 3.24. The second-order valence-electron chi connectivity index (χ2n) is 7.61. The molecule has 1 heterocycles. The van der Waals surface area contributed by atoms with Crippen LogP contribution in [0.5, 0.6) is 17.2 Å². The predicted octanol–water partition coefficient (Wildman–Crippen LogP) is 4.18. The second kappa shape index (κ2) is 9.54. The molecule has 6 nitrogen and oxygen atoms in total. The Morgan fingerprint density at radius 1 is 1.14 bits per heavy atom. The van der Waals surface area contributed by atoms with Gasteiger partial charge in [0, 0.05) is 7.05 Å². The fourth-order valence-electron chi connectivity index (χ4n) is 3.24. The minimum Gasteiger partial charge on any atom is -0.491 e. The van der Waals surface area contributed by atoms with Crippen molar-refractivity contribution in [3.63, 3.8) is 0 Å². The van der Waals surface area contributed by atoms with Crippen LogP contribution < -0.4 is 19.5 Å². The van der Waals surface area contributed by atoms with Crippen molar-refractivity contribution < 1.29 is 19.0 Å². The average molecular weight is 399 g/mol. The third-order valence-electron chi connectivity index (χ3n) is 5.00. The molecule has 2 aromatic carbocycles. The highest BCUT2D eigenvalue weighted by molar-refractivity contribution is 5.74. The topological polar surface area (TPSA) is 60.0 Å². The zero-order chi connectivity index (χ0) is 20.8. The fraction of sp³-hybridized carbons (Fsp3) is 0.435. The minimum absolute atomic E-state index is 0.127. The first-order valence-corrected chi connectivity index (χ1v) is 10.1. The Labute approximate surface area is 172 Å². The number of hydrogen-bond donors (Lipinski definition) is 1. The standard InChI is InChI=1S/C23H30N2O4/c1-16(2)22(18-9-10-20-21(15-18)29-14-13-28-20)24-23(26)25(4)11-12-27-19-8-6-5-7-17(19)3/h5-10,15-16,22H,11-14H2,1-4H3,(H,24,26)/t22-/m0/s1. The van der Waals surface area contributed by atoms with E-state index in [1.165, 1.54) is 0 Å². The van der Waals surface area contributed by atoms with Crippen molar-refractivity contribution in [2.24, 2.45) is 5.92 Å². The molecule has 6 heteroatoms. The van der Waals surface area contributed by atoms with Gasteiger partial charge < -0.3 is 24.4 Å². The van der Waals surface area contributed by atoms with Crippen LogP contribution in [0.15, 0.2) is 42.5 Å². The number of likely N-dealkylation sites (N-methyl/N-ethyl adjacent to an activating group) is 1. The number of fused-ring (bicyclic) bond motifs is 1. The second-order valence-corrected chi connectivity index (χ2v) is 7.61. The first kappa shape index (κ1) is 20.8. The third kappa shape index (κ3) is 5.34. The van der Waals surface area contributed by atoms with Crippen LogP contribution in [-0.2, 0) is 0 Å². The summed E-state index contributed by atoms with van der Waals surface area (Å²) >= 11 is 0. The SMILES string of the molecule is Cc1ccccc1OCCN(C)C(=O)N[C@H](c1ccc2c(c1)OCCO2)C(C)C. The quantitative estimate of drug-likeness (QED) is 0.760. The Kier molecular flexibility index (Phi) is 6.86. The summed E-state index contributed by atoms with van der Waals surface area (Å²) in [5.41, 5.74) is 2.08. The number of carbonyl (C=O) groups excluding carboxylic acids is 1. The molecular formula is C23H30N2O4. The van der Waals surface area contributed by atoms with Gasteiger partial charge in [0.05, 0.1) is 12.6 Å². The number of carbonyl (C=O) groups is 1. The number of hydrogen-bond acceptors (Lipinski definition) is 4. The van der Waals surface area contributed by atoms with E-state index in [0.29, 0.717) is 26.4 Å². The van der Waals surface area contributed by atoms with Crippen LogP contribution in [-0.4, -0.2) is 44.3 Å². The van der Waals surface area contributed by atoms with Crippen molar-refractivity contribution in [1.82, 2.24) is 10.2 Å². The van der Waals surface area contributed by atoms with Crippen molar-refractivity contribution in [2.45, 2.75) is 26.8 Å². The zero-order valence-electron chi connectivity index (χ0n) is 17.6. The number of benzene rings is 2. The molecule has 1 aliphatic rings. The van der Waals surface area contributed by atoms with Crippen LogP contribution in [0.1, 0.15) is 31.0 Å². The van der Waals surface area contributed by atoms with Gasteiger partial charge in [0.1, 0.15) is 25.6 Å². The summed E-state index contributed by atoms with van der Waals surface area (Å²) in [6.45, 7) is 8.21. The molecule has 2 amide bonds. The van der Waals surface area contributed by atoms with Gasteiger partial charge in [0.25, 0.3) is 0 Å².